The second kappa shape index (κ2) is 10.0. The fraction of sp³-hybridized carbons (Fsp3) is 0.385. The molecule has 1 unspecified atom stereocenters. The molecule has 176 valence electrons. The van der Waals surface area contributed by atoms with Crippen molar-refractivity contribution in [3.8, 4) is 0 Å². The molecule has 2 heterocycles. The summed E-state index contributed by atoms with van der Waals surface area (Å²) in [5.41, 5.74) is 3.89. The summed E-state index contributed by atoms with van der Waals surface area (Å²) in [6.45, 7) is 0.287. The van der Waals surface area contributed by atoms with Crippen molar-refractivity contribution in [1.82, 2.24) is 9.66 Å². The van der Waals surface area contributed by atoms with Crippen LogP contribution in [0.2, 0.25) is 0 Å². The Balaban J connectivity index is 1.38. The summed E-state index contributed by atoms with van der Waals surface area (Å²) in [4.78, 5) is 45.4. The maximum atomic E-state index is 13.3. The van der Waals surface area contributed by atoms with Gasteiger partial charge in [-0.15, -0.1) is 0 Å². The summed E-state index contributed by atoms with van der Waals surface area (Å²) in [7, 11) is 0. The Morgan fingerprint density at radius 1 is 1.00 bits per heavy atom. The monoisotopic (exact) mass is 476 g/mol. The van der Waals surface area contributed by atoms with Crippen LogP contribution in [0.25, 0.3) is 10.9 Å². The summed E-state index contributed by atoms with van der Waals surface area (Å²) in [6, 6.07) is 16.5. The fourth-order valence-corrected chi connectivity index (χ4v) is 5.93. The number of rotatable bonds is 6. The van der Waals surface area contributed by atoms with E-state index in [1.807, 2.05) is 42.5 Å². The maximum Gasteiger partial charge on any atom is 0.281 e. The number of hydrogen-bond donors (Lipinski definition) is 1. The summed E-state index contributed by atoms with van der Waals surface area (Å²) >= 11 is 1.52. The predicted molar refractivity (Wildman–Crippen MR) is 135 cm³/mol. The highest BCUT2D eigenvalue weighted by atomic mass is 32.2. The van der Waals surface area contributed by atoms with Crippen LogP contribution in [0, 0.1) is 11.8 Å². The molecular weight excluding hydrogens is 448 g/mol. The molecule has 1 aliphatic heterocycles. The van der Waals surface area contributed by atoms with E-state index < -0.39 is 5.92 Å². The van der Waals surface area contributed by atoms with Gasteiger partial charge in [0.25, 0.3) is 5.56 Å². The topological polar surface area (TPSA) is 84.3 Å². The first-order chi connectivity index (χ1) is 16.6. The van der Waals surface area contributed by atoms with E-state index in [4.69, 9.17) is 4.98 Å². The average molecular weight is 477 g/mol. The van der Waals surface area contributed by atoms with Gasteiger partial charge in [-0.25, -0.2) is 4.98 Å². The van der Waals surface area contributed by atoms with E-state index in [0.29, 0.717) is 22.0 Å². The molecule has 2 aromatic carbocycles. The average Bonchev–Trinajstić information content (AvgIpc) is 3.27. The lowest BCUT2D eigenvalue weighted by molar-refractivity contribution is -0.123. The number of para-hydroxylation sites is 2. The van der Waals surface area contributed by atoms with Crippen molar-refractivity contribution in [3.05, 3.63) is 65.0 Å². The largest absolute Gasteiger partial charge is 0.312 e. The van der Waals surface area contributed by atoms with Gasteiger partial charge in [0.15, 0.2) is 5.16 Å². The second-order valence-electron chi connectivity index (χ2n) is 9.08. The molecule has 1 saturated heterocycles. The van der Waals surface area contributed by atoms with E-state index in [9.17, 15) is 14.4 Å². The molecule has 1 aromatic heterocycles. The van der Waals surface area contributed by atoms with Gasteiger partial charge >= 0.3 is 0 Å². The molecule has 0 radical (unpaired) electrons. The number of fused-ring (bicyclic) bond motifs is 1. The van der Waals surface area contributed by atoms with Gasteiger partial charge in [0.05, 0.1) is 16.8 Å². The lowest BCUT2D eigenvalue weighted by Crippen LogP contribution is -2.39. The molecule has 0 bridgehead atoms. The number of aromatic nitrogens is 2. The lowest BCUT2D eigenvalue weighted by atomic mass is 9.91. The highest BCUT2D eigenvalue weighted by Gasteiger charge is 2.35. The Kier molecular flexibility index (Phi) is 6.67. The van der Waals surface area contributed by atoms with E-state index in [-0.39, 0.29) is 30.3 Å². The van der Waals surface area contributed by atoms with Crippen molar-refractivity contribution in [2.45, 2.75) is 43.7 Å². The minimum atomic E-state index is -0.540. The molecule has 1 atom stereocenters. The number of carbonyl (C=O) groups excluding carboxylic acids is 2. The van der Waals surface area contributed by atoms with Gasteiger partial charge in [-0.1, -0.05) is 61.4 Å². The number of nitrogens with zero attached hydrogens (tertiary/aromatic N) is 3. The van der Waals surface area contributed by atoms with Crippen LogP contribution in [0.1, 0.15) is 38.5 Å². The van der Waals surface area contributed by atoms with E-state index in [1.54, 1.807) is 17.0 Å². The Labute approximate surface area is 202 Å². The second-order valence-corrected chi connectivity index (χ2v) is 10.1. The minimum absolute atomic E-state index is 0.0952. The number of hydrogen-bond acceptors (Lipinski definition) is 5. The summed E-state index contributed by atoms with van der Waals surface area (Å²) < 4.78 is 1.29. The van der Waals surface area contributed by atoms with Crippen LogP contribution in [0.15, 0.2) is 64.5 Å². The molecule has 2 amide bonds. The normalized spacial score (nSPS) is 19.0. The molecule has 0 spiro atoms. The Bertz CT molecular complexity index is 1250. The summed E-state index contributed by atoms with van der Waals surface area (Å²) in [6.07, 6.45) is 6.27. The first-order valence-electron chi connectivity index (χ1n) is 11.9. The van der Waals surface area contributed by atoms with Crippen molar-refractivity contribution in [2.75, 3.05) is 22.6 Å². The van der Waals surface area contributed by atoms with Crippen molar-refractivity contribution in [1.29, 1.82) is 0 Å². The van der Waals surface area contributed by atoms with E-state index in [0.717, 1.165) is 11.4 Å². The third kappa shape index (κ3) is 4.73. The zero-order valence-electron chi connectivity index (χ0n) is 19.0. The van der Waals surface area contributed by atoms with Crippen LogP contribution >= 0.6 is 11.8 Å². The maximum absolute atomic E-state index is 13.3. The first kappa shape index (κ1) is 22.7. The van der Waals surface area contributed by atoms with Crippen LogP contribution in [0.4, 0.5) is 5.69 Å². The third-order valence-corrected chi connectivity index (χ3v) is 7.87. The summed E-state index contributed by atoms with van der Waals surface area (Å²) in [5, 5.41) is 0.949. The fourth-order valence-electron chi connectivity index (χ4n) is 4.80. The molecule has 2 aliphatic rings. The molecule has 34 heavy (non-hydrogen) atoms. The van der Waals surface area contributed by atoms with Crippen LogP contribution in [0.5, 0.6) is 0 Å². The Morgan fingerprint density at radius 2 is 1.74 bits per heavy atom. The van der Waals surface area contributed by atoms with Gasteiger partial charge in [0, 0.05) is 24.4 Å². The quantitative estimate of drug-likeness (QED) is 0.426. The van der Waals surface area contributed by atoms with Crippen LogP contribution in [-0.4, -0.2) is 33.8 Å². The molecule has 5 rings (SSSR count). The van der Waals surface area contributed by atoms with E-state index >= 15 is 0 Å². The number of amides is 2. The van der Waals surface area contributed by atoms with Gasteiger partial charge in [-0.2, -0.15) is 4.68 Å². The molecular formula is C26H28N4O3S. The molecule has 8 heteroatoms. The third-order valence-electron chi connectivity index (χ3n) is 6.70. The van der Waals surface area contributed by atoms with Gasteiger partial charge in [-0.3, -0.25) is 19.8 Å². The van der Waals surface area contributed by atoms with Crippen molar-refractivity contribution >= 4 is 40.2 Å². The lowest BCUT2D eigenvalue weighted by Gasteiger charge is -2.22. The zero-order valence-corrected chi connectivity index (χ0v) is 19.8. The van der Waals surface area contributed by atoms with Gasteiger partial charge < -0.3 is 4.90 Å². The molecule has 7 nitrogen and oxygen atoms in total. The molecule has 2 fully saturated rings. The van der Waals surface area contributed by atoms with E-state index in [2.05, 4.69) is 5.43 Å². The Hall–Kier alpha value is -3.13. The highest BCUT2D eigenvalue weighted by molar-refractivity contribution is 7.99. The highest BCUT2D eigenvalue weighted by Crippen LogP contribution is 2.30. The standard InChI is InChI=1S/C26H28N4O3S/c31-23-15-19(16-29(23)20-11-5-2-6-12-20)24(32)28-30-25(33)21-13-7-8-14-22(21)27-26(30)34-17-18-9-3-1-4-10-18/h2,5-8,11-14,18-19H,1,3-4,9-10,15-17H2,(H,28,32). The van der Waals surface area contributed by atoms with Crippen LogP contribution < -0.4 is 15.9 Å². The van der Waals surface area contributed by atoms with Crippen LogP contribution in [0.3, 0.4) is 0 Å². The molecule has 3 aromatic rings. The molecule has 1 N–H and O–H groups in total. The number of benzene rings is 2. The van der Waals surface area contributed by atoms with Gasteiger partial charge in [-0.05, 0) is 43.0 Å². The van der Waals surface area contributed by atoms with Gasteiger partial charge in [0.2, 0.25) is 11.8 Å². The Morgan fingerprint density at radius 3 is 2.53 bits per heavy atom. The van der Waals surface area contributed by atoms with Gasteiger partial charge in [0.1, 0.15) is 0 Å². The number of nitrogens with one attached hydrogen (secondary N) is 1. The number of anilines is 1. The molecule has 1 aliphatic carbocycles. The van der Waals surface area contributed by atoms with Crippen molar-refractivity contribution < 1.29 is 9.59 Å². The van der Waals surface area contributed by atoms with Crippen LogP contribution in [-0.2, 0) is 9.59 Å². The number of thioether (sulfide) groups is 1. The minimum Gasteiger partial charge on any atom is -0.312 e. The SMILES string of the molecule is O=C(Nn1c(SCC2CCCCC2)nc2ccccc2c1=O)C1CC(=O)N(c2ccccc2)C1. The predicted octanol–water partition coefficient (Wildman–Crippen LogP) is 4.19. The van der Waals surface area contributed by atoms with E-state index in [1.165, 1.54) is 48.5 Å². The van der Waals surface area contributed by atoms with Crippen molar-refractivity contribution in [3.63, 3.8) is 0 Å². The number of carbonyl (C=O) groups is 2. The smallest absolute Gasteiger partial charge is 0.281 e. The molecule has 1 saturated carbocycles. The first-order valence-corrected chi connectivity index (χ1v) is 12.9. The summed E-state index contributed by atoms with van der Waals surface area (Å²) in [5.74, 6) is 0.484. The van der Waals surface area contributed by atoms with Crippen molar-refractivity contribution in [2.24, 2.45) is 11.8 Å². The zero-order chi connectivity index (χ0) is 23.5.